The van der Waals surface area contributed by atoms with Gasteiger partial charge in [-0.3, -0.25) is 0 Å². The molecule has 8 heteroatoms. The molecule has 138 valence electrons. The van der Waals surface area contributed by atoms with E-state index in [-0.39, 0.29) is 17.9 Å². The van der Waals surface area contributed by atoms with E-state index in [2.05, 4.69) is 15.5 Å². The first-order valence-corrected chi connectivity index (χ1v) is 8.91. The number of amides is 2. The third kappa shape index (κ3) is 3.78. The van der Waals surface area contributed by atoms with E-state index in [1.165, 1.54) is 12.1 Å². The summed E-state index contributed by atoms with van der Waals surface area (Å²) >= 11 is 5.87. The van der Waals surface area contributed by atoms with Crippen LogP contribution >= 0.6 is 11.6 Å². The Morgan fingerprint density at radius 3 is 2.67 bits per heavy atom. The molecule has 0 radical (unpaired) electrons. The summed E-state index contributed by atoms with van der Waals surface area (Å²) in [5.74, 6) is 0.413. The lowest BCUT2D eigenvalue weighted by atomic mass is 10.2. The first-order chi connectivity index (χ1) is 13.1. The van der Waals surface area contributed by atoms with E-state index >= 15 is 0 Å². The zero-order valence-electron chi connectivity index (χ0n) is 14.2. The van der Waals surface area contributed by atoms with Crippen molar-refractivity contribution in [1.29, 1.82) is 0 Å². The van der Waals surface area contributed by atoms with Gasteiger partial charge in [-0.1, -0.05) is 16.8 Å². The van der Waals surface area contributed by atoms with Crippen LogP contribution in [0, 0.1) is 5.82 Å². The average Bonchev–Trinajstić information content (AvgIpc) is 3.33. The molecule has 1 N–H and O–H groups in total. The molecule has 6 nitrogen and oxygen atoms in total. The van der Waals surface area contributed by atoms with Gasteiger partial charge in [-0.05, 0) is 61.4 Å². The maximum absolute atomic E-state index is 13.1. The number of nitrogens with zero attached hydrogens (tertiary/aromatic N) is 3. The maximum atomic E-state index is 13.1. The number of likely N-dealkylation sites (tertiary alicyclic amines) is 1. The zero-order chi connectivity index (χ0) is 18.8. The largest absolute Gasteiger partial charge is 0.337 e. The standard InChI is InChI=1S/C19H16ClFN4O2/c20-13-5-9-15(10-6-13)22-19(26)25-11-1-2-16(25)18-23-17(24-27-18)12-3-7-14(21)8-4-12/h3-10,16H,1-2,11H2,(H,22,26)/t16-/m0/s1. The molecular weight excluding hydrogens is 371 g/mol. The summed E-state index contributed by atoms with van der Waals surface area (Å²) < 4.78 is 18.5. The Kier molecular flexibility index (Phi) is 4.77. The molecular formula is C19H16ClFN4O2. The first kappa shape index (κ1) is 17.5. The molecule has 1 aromatic heterocycles. The molecule has 1 aliphatic rings. The smallest absolute Gasteiger partial charge is 0.322 e. The molecule has 1 fully saturated rings. The number of nitrogens with one attached hydrogen (secondary N) is 1. The average molecular weight is 387 g/mol. The number of carbonyl (C=O) groups is 1. The third-order valence-corrected chi connectivity index (χ3v) is 4.69. The number of rotatable bonds is 3. The molecule has 1 atom stereocenters. The lowest BCUT2D eigenvalue weighted by Crippen LogP contribution is -2.34. The summed E-state index contributed by atoms with van der Waals surface area (Å²) in [6.45, 7) is 0.596. The van der Waals surface area contributed by atoms with E-state index in [0.717, 1.165) is 12.8 Å². The van der Waals surface area contributed by atoms with Crippen LogP contribution in [0.5, 0.6) is 0 Å². The number of anilines is 1. The fourth-order valence-corrected chi connectivity index (χ4v) is 3.21. The van der Waals surface area contributed by atoms with Crippen LogP contribution in [0.2, 0.25) is 5.02 Å². The number of hydrogen-bond acceptors (Lipinski definition) is 4. The Bertz CT molecular complexity index is 943. The van der Waals surface area contributed by atoms with Crippen molar-refractivity contribution in [2.24, 2.45) is 0 Å². The topological polar surface area (TPSA) is 71.3 Å². The third-order valence-electron chi connectivity index (χ3n) is 4.44. The van der Waals surface area contributed by atoms with E-state index in [1.54, 1.807) is 41.3 Å². The van der Waals surface area contributed by atoms with E-state index in [1.807, 2.05) is 0 Å². The zero-order valence-corrected chi connectivity index (χ0v) is 15.0. The van der Waals surface area contributed by atoms with E-state index < -0.39 is 0 Å². The van der Waals surface area contributed by atoms with Crippen LogP contribution in [-0.2, 0) is 0 Å². The SMILES string of the molecule is O=C(Nc1ccc(Cl)cc1)N1CCC[C@H]1c1nc(-c2ccc(F)cc2)no1. The molecule has 0 unspecified atom stereocenters. The molecule has 2 aromatic carbocycles. The number of urea groups is 1. The van der Waals surface area contributed by atoms with Gasteiger partial charge in [-0.15, -0.1) is 0 Å². The molecule has 27 heavy (non-hydrogen) atoms. The van der Waals surface area contributed by atoms with Crippen molar-refractivity contribution >= 4 is 23.3 Å². The van der Waals surface area contributed by atoms with Gasteiger partial charge in [0, 0.05) is 22.8 Å². The quantitative estimate of drug-likeness (QED) is 0.695. The Morgan fingerprint density at radius 1 is 1.19 bits per heavy atom. The van der Waals surface area contributed by atoms with Gasteiger partial charge in [-0.2, -0.15) is 4.98 Å². The van der Waals surface area contributed by atoms with Gasteiger partial charge in [-0.25, -0.2) is 9.18 Å². The fourth-order valence-electron chi connectivity index (χ4n) is 3.08. The summed E-state index contributed by atoms with van der Waals surface area (Å²) in [6.07, 6.45) is 1.58. The number of benzene rings is 2. The Labute approximate surface area is 159 Å². The van der Waals surface area contributed by atoms with Crippen molar-refractivity contribution in [3.63, 3.8) is 0 Å². The highest BCUT2D eigenvalue weighted by Crippen LogP contribution is 2.32. The van der Waals surface area contributed by atoms with Crippen molar-refractivity contribution in [1.82, 2.24) is 15.0 Å². The van der Waals surface area contributed by atoms with Crippen molar-refractivity contribution in [3.05, 3.63) is 65.3 Å². The molecule has 0 spiro atoms. The minimum Gasteiger partial charge on any atom is -0.337 e. The molecule has 2 heterocycles. The number of aromatic nitrogens is 2. The second kappa shape index (κ2) is 7.36. The van der Waals surface area contributed by atoms with Crippen molar-refractivity contribution in [2.45, 2.75) is 18.9 Å². The molecule has 4 rings (SSSR count). The Balaban J connectivity index is 1.50. The molecule has 1 aliphatic heterocycles. The number of halogens is 2. The van der Waals surface area contributed by atoms with Crippen LogP contribution < -0.4 is 5.32 Å². The van der Waals surface area contributed by atoms with Crippen LogP contribution in [0.3, 0.4) is 0 Å². The van der Waals surface area contributed by atoms with Crippen LogP contribution in [0.1, 0.15) is 24.8 Å². The second-order valence-corrected chi connectivity index (χ2v) is 6.69. The van der Waals surface area contributed by atoms with E-state index in [9.17, 15) is 9.18 Å². The van der Waals surface area contributed by atoms with Gasteiger partial charge < -0.3 is 14.7 Å². The number of carbonyl (C=O) groups excluding carboxylic acids is 1. The summed E-state index contributed by atoms with van der Waals surface area (Å²) in [4.78, 5) is 18.7. The minimum absolute atomic E-state index is 0.235. The highest BCUT2D eigenvalue weighted by atomic mass is 35.5. The van der Waals surface area contributed by atoms with E-state index in [0.29, 0.717) is 34.5 Å². The van der Waals surface area contributed by atoms with Crippen LogP contribution in [0.25, 0.3) is 11.4 Å². The molecule has 0 saturated carbocycles. The van der Waals surface area contributed by atoms with Crippen LogP contribution in [0.15, 0.2) is 53.1 Å². The fraction of sp³-hybridized carbons (Fsp3) is 0.211. The summed E-state index contributed by atoms with van der Waals surface area (Å²) in [7, 11) is 0. The van der Waals surface area contributed by atoms with Gasteiger partial charge in [0.1, 0.15) is 11.9 Å². The van der Waals surface area contributed by atoms with Gasteiger partial charge in [0.15, 0.2) is 0 Å². The van der Waals surface area contributed by atoms with Crippen molar-refractivity contribution in [3.8, 4) is 11.4 Å². The molecule has 2 amide bonds. The monoisotopic (exact) mass is 386 g/mol. The Morgan fingerprint density at radius 2 is 1.93 bits per heavy atom. The van der Waals surface area contributed by atoms with Gasteiger partial charge in [0.25, 0.3) is 0 Å². The summed E-state index contributed by atoms with van der Waals surface area (Å²) in [5, 5.41) is 7.42. The van der Waals surface area contributed by atoms with Gasteiger partial charge in [0.2, 0.25) is 11.7 Å². The minimum atomic E-state index is -0.330. The highest BCUT2D eigenvalue weighted by Gasteiger charge is 2.34. The lowest BCUT2D eigenvalue weighted by molar-refractivity contribution is 0.193. The van der Waals surface area contributed by atoms with Crippen molar-refractivity contribution < 1.29 is 13.7 Å². The molecule has 0 bridgehead atoms. The summed E-state index contributed by atoms with van der Waals surface area (Å²) in [6, 6.07) is 12.2. The van der Waals surface area contributed by atoms with Crippen LogP contribution in [0.4, 0.5) is 14.9 Å². The molecule has 0 aliphatic carbocycles. The first-order valence-electron chi connectivity index (χ1n) is 8.53. The maximum Gasteiger partial charge on any atom is 0.322 e. The molecule has 1 saturated heterocycles. The predicted octanol–water partition coefficient (Wildman–Crippen LogP) is 4.90. The highest BCUT2D eigenvalue weighted by molar-refractivity contribution is 6.30. The normalized spacial score (nSPS) is 16.5. The van der Waals surface area contributed by atoms with Crippen molar-refractivity contribution in [2.75, 3.05) is 11.9 Å². The van der Waals surface area contributed by atoms with Crippen LogP contribution in [-0.4, -0.2) is 27.6 Å². The summed E-state index contributed by atoms with van der Waals surface area (Å²) in [5.41, 5.74) is 1.31. The second-order valence-electron chi connectivity index (χ2n) is 6.25. The van der Waals surface area contributed by atoms with E-state index in [4.69, 9.17) is 16.1 Å². The predicted molar refractivity (Wildman–Crippen MR) is 98.8 cm³/mol. The molecule has 3 aromatic rings. The lowest BCUT2D eigenvalue weighted by Gasteiger charge is -2.22. The Hall–Kier alpha value is -2.93. The van der Waals surface area contributed by atoms with Gasteiger partial charge in [0.05, 0.1) is 0 Å². The van der Waals surface area contributed by atoms with Gasteiger partial charge >= 0.3 is 6.03 Å². The number of hydrogen-bond donors (Lipinski definition) is 1.